The molecule has 2 N–H and O–H groups in total. The van der Waals surface area contributed by atoms with Crippen molar-refractivity contribution < 1.29 is 15.0 Å². The smallest absolute Gasteiger partial charge is 0.304 e. The number of nitrogens with zero attached hydrogens (tertiary/aromatic N) is 2. The van der Waals surface area contributed by atoms with Gasteiger partial charge in [-0.05, 0) is 19.4 Å². The molecule has 0 aliphatic carbocycles. The number of rotatable bonds is 8. The molecule has 0 saturated heterocycles. The Labute approximate surface area is 124 Å². The maximum atomic E-state index is 11.6. The number of aromatic nitrogens is 1. The van der Waals surface area contributed by atoms with Crippen molar-refractivity contribution in [2.24, 2.45) is 5.92 Å². The maximum Gasteiger partial charge on any atom is 0.304 e. The topological polar surface area (TPSA) is 82.8 Å². The maximum absolute atomic E-state index is 11.6. The Balaban J connectivity index is 2.85. The minimum absolute atomic E-state index is 0.0603. The van der Waals surface area contributed by atoms with Crippen molar-refractivity contribution in [2.45, 2.75) is 39.8 Å². The first-order valence-electron chi connectivity index (χ1n) is 7.12. The molecule has 1 rings (SSSR count). The highest BCUT2D eigenvalue weighted by atomic mass is 16.4. The molecular weight excluding hydrogens is 272 g/mol. The number of pyridine rings is 1. The van der Waals surface area contributed by atoms with Crippen LogP contribution in [0.3, 0.4) is 0 Å². The minimum atomic E-state index is -0.843. The first-order chi connectivity index (χ1) is 9.79. The molecule has 1 aromatic rings. The van der Waals surface area contributed by atoms with E-state index in [1.807, 2.05) is 16.5 Å². The van der Waals surface area contributed by atoms with Gasteiger partial charge < -0.3 is 19.7 Å². The number of aryl methyl sites for hydroxylation is 1. The van der Waals surface area contributed by atoms with Crippen LogP contribution in [0.4, 0.5) is 0 Å². The van der Waals surface area contributed by atoms with Crippen molar-refractivity contribution in [3.05, 3.63) is 28.2 Å². The van der Waals surface area contributed by atoms with Crippen LogP contribution < -0.4 is 5.43 Å². The van der Waals surface area contributed by atoms with Gasteiger partial charge in [0, 0.05) is 31.4 Å². The highest BCUT2D eigenvalue weighted by Gasteiger charge is 2.10. The second kappa shape index (κ2) is 7.83. The van der Waals surface area contributed by atoms with Crippen LogP contribution in [-0.2, 0) is 17.9 Å². The lowest BCUT2D eigenvalue weighted by Crippen LogP contribution is -2.25. The molecule has 0 aliphatic rings. The number of carboxylic acid groups (broad SMARTS) is 1. The molecule has 0 fully saturated rings. The van der Waals surface area contributed by atoms with Crippen molar-refractivity contribution in [1.29, 1.82) is 0 Å². The van der Waals surface area contributed by atoms with Gasteiger partial charge in [-0.1, -0.05) is 13.8 Å². The van der Waals surface area contributed by atoms with E-state index >= 15 is 0 Å². The van der Waals surface area contributed by atoms with Crippen LogP contribution in [0.25, 0.3) is 0 Å². The lowest BCUT2D eigenvalue weighted by molar-refractivity contribution is -0.137. The molecule has 0 amide bonds. The van der Waals surface area contributed by atoms with Crippen LogP contribution in [-0.4, -0.2) is 39.2 Å². The number of hydrogen-bond donors (Lipinski definition) is 2. The zero-order valence-corrected chi connectivity index (χ0v) is 12.9. The molecule has 21 heavy (non-hydrogen) atoms. The van der Waals surface area contributed by atoms with Gasteiger partial charge in [0.05, 0.1) is 12.6 Å². The van der Waals surface area contributed by atoms with E-state index in [-0.39, 0.29) is 12.2 Å². The van der Waals surface area contributed by atoms with Gasteiger partial charge in [-0.2, -0.15) is 0 Å². The monoisotopic (exact) mass is 296 g/mol. The van der Waals surface area contributed by atoms with Crippen LogP contribution >= 0.6 is 0 Å². The fourth-order valence-corrected chi connectivity index (χ4v) is 1.99. The molecule has 0 bridgehead atoms. The van der Waals surface area contributed by atoms with E-state index in [0.717, 1.165) is 12.1 Å². The van der Waals surface area contributed by atoms with E-state index < -0.39 is 11.4 Å². The van der Waals surface area contributed by atoms with Crippen molar-refractivity contribution in [3.8, 4) is 5.75 Å². The van der Waals surface area contributed by atoms with Gasteiger partial charge in [0.2, 0.25) is 5.43 Å². The van der Waals surface area contributed by atoms with Crippen LogP contribution in [0, 0.1) is 5.92 Å². The summed E-state index contributed by atoms with van der Waals surface area (Å²) in [5.74, 6) is -0.579. The van der Waals surface area contributed by atoms with E-state index in [1.165, 1.54) is 12.3 Å². The van der Waals surface area contributed by atoms with E-state index in [9.17, 15) is 14.7 Å². The third-order valence-corrected chi connectivity index (χ3v) is 3.28. The number of hydrogen-bond acceptors (Lipinski definition) is 4. The summed E-state index contributed by atoms with van der Waals surface area (Å²) in [5.41, 5.74) is 0.378. The average molecular weight is 296 g/mol. The number of carbonyl (C=O) groups is 1. The first-order valence-corrected chi connectivity index (χ1v) is 7.12. The van der Waals surface area contributed by atoms with Gasteiger partial charge in [0.15, 0.2) is 5.75 Å². The van der Waals surface area contributed by atoms with Gasteiger partial charge in [0.25, 0.3) is 0 Å². The van der Waals surface area contributed by atoms with Gasteiger partial charge >= 0.3 is 5.97 Å². The summed E-state index contributed by atoms with van der Waals surface area (Å²) in [7, 11) is 1.81. The Morgan fingerprint density at radius 3 is 2.67 bits per heavy atom. The zero-order chi connectivity index (χ0) is 16.0. The summed E-state index contributed by atoms with van der Waals surface area (Å²) in [6.07, 6.45) is 2.46. The Bertz CT molecular complexity index is 537. The summed E-state index contributed by atoms with van der Waals surface area (Å²) in [4.78, 5) is 24.0. The summed E-state index contributed by atoms with van der Waals surface area (Å²) in [5, 5.41) is 18.3. The molecule has 0 spiro atoms. The van der Waals surface area contributed by atoms with E-state index in [2.05, 4.69) is 13.8 Å². The SMILES string of the molecule is CC(C)CCn1cc(O)c(=O)cc1CN(C)CCC(=O)O. The second-order valence-electron chi connectivity index (χ2n) is 5.77. The summed E-state index contributed by atoms with van der Waals surface area (Å²) in [6.45, 7) is 5.82. The van der Waals surface area contributed by atoms with Gasteiger partial charge in [-0.3, -0.25) is 9.59 Å². The molecular formula is C15H24N2O4. The van der Waals surface area contributed by atoms with Gasteiger partial charge in [0.1, 0.15) is 0 Å². The normalized spacial score (nSPS) is 11.3. The molecule has 0 radical (unpaired) electrons. The van der Waals surface area contributed by atoms with Crippen molar-refractivity contribution in [2.75, 3.05) is 13.6 Å². The van der Waals surface area contributed by atoms with Gasteiger partial charge in [-0.25, -0.2) is 0 Å². The Kier molecular flexibility index (Phi) is 6.42. The summed E-state index contributed by atoms with van der Waals surface area (Å²) < 4.78 is 1.87. The van der Waals surface area contributed by atoms with Crippen LogP contribution in [0.15, 0.2) is 17.1 Å². The molecule has 0 unspecified atom stereocenters. The fraction of sp³-hybridized carbons (Fsp3) is 0.600. The predicted octanol–water partition coefficient (Wildman–Crippen LogP) is 1.51. The molecule has 1 heterocycles. The van der Waals surface area contributed by atoms with E-state index in [0.29, 0.717) is 25.6 Å². The third kappa shape index (κ3) is 5.99. The molecule has 6 nitrogen and oxygen atoms in total. The van der Waals surface area contributed by atoms with Crippen LogP contribution in [0.1, 0.15) is 32.4 Å². The predicted molar refractivity (Wildman–Crippen MR) is 80.4 cm³/mol. The Hall–Kier alpha value is -1.82. The third-order valence-electron chi connectivity index (χ3n) is 3.28. The molecule has 0 atom stereocenters. The first kappa shape index (κ1) is 17.2. The molecule has 0 saturated carbocycles. The average Bonchev–Trinajstić information content (AvgIpc) is 2.38. The molecule has 118 valence electrons. The highest BCUT2D eigenvalue weighted by molar-refractivity contribution is 5.66. The van der Waals surface area contributed by atoms with E-state index in [4.69, 9.17) is 5.11 Å². The highest BCUT2D eigenvalue weighted by Crippen LogP contribution is 2.11. The van der Waals surface area contributed by atoms with E-state index in [1.54, 1.807) is 0 Å². The van der Waals surface area contributed by atoms with Crippen molar-refractivity contribution >= 4 is 5.97 Å². The summed E-state index contributed by atoms with van der Waals surface area (Å²) in [6, 6.07) is 1.42. The molecule has 6 heteroatoms. The van der Waals surface area contributed by atoms with Crippen molar-refractivity contribution in [1.82, 2.24) is 9.47 Å². The largest absolute Gasteiger partial charge is 0.503 e. The molecule has 0 aliphatic heterocycles. The lowest BCUT2D eigenvalue weighted by Gasteiger charge is -2.20. The minimum Gasteiger partial charge on any atom is -0.503 e. The quantitative estimate of drug-likeness (QED) is 0.759. The lowest BCUT2D eigenvalue weighted by atomic mass is 10.1. The molecule has 0 aromatic carbocycles. The number of carboxylic acids is 1. The fourth-order valence-electron chi connectivity index (χ4n) is 1.99. The number of aliphatic carboxylic acids is 1. The van der Waals surface area contributed by atoms with Crippen LogP contribution in [0.2, 0.25) is 0 Å². The van der Waals surface area contributed by atoms with Crippen LogP contribution in [0.5, 0.6) is 5.75 Å². The zero-order valence-electron chi connectivity index (χ0n) is 12.9. The standard InChI is InChI=1S/C15H24N2O4/c1-11(2)4-7-17-10-14(19)13(18)8-12(17)9-16(3)6-5-15(20)21/h8,10-11,19H,4-7,9H2,1-3H3,(H,20,21). The number of aromatic hydroxyl groups is 1. The second-order valence-corrected chi connectivity index (χ2v) is 5.77. The Morgan fingerprint density at radius 1 is 1.43 bits per heavy atom. The van der Waals surface area contributed by atoms with Gasteiger partial charge in [-0.15, -0.1) is 0 Å². The molecule has 1 aromatic heterocycles. The summed E-state index contributed by atoms with van der Waals surface area (Å²) >= 11 is 0. The van der Waals surface area contributed by atoms with Crippen molar-refractivity contribution in [3.63, 3.8) is 0 Å². The Morgan fingerprint density at radius 2 is 2.10 bits per heavy atom.